The zero-order valence-corrected chi connectivity index (χ0v) is 18.5. The van der Waals surface area contributed by atoms with E-state index in [0.29, 0.717) is 17.7 Å². The fourth-order valence-electron chi connectivity index (χ4n) is 3.10. The quantitative estimate of drug-likeness (QED) is 0.651. The third kappa shape index (κ3) is 4.69. The Bertz CT molecular complexity index is 992. The summed E-state index contributed by atoms with van der Waals surface area (Å²) in [5, 5.41) is 0. The molecule has 1 amide bonds. The number of amides is 1. The Morgan fingerprint density at radius 2 is 1.79 bits per heavy atom. The van der Waals surface area contributed by atoms with E-state index in [9.17, 15) is 17.6 Å². The van der Waals surface area contributed by atoms with Crippen LogP contribution in [0.5, 0.6) is 0 Å². The molecule has 29 heavy (non-hydrogen) atoms. The maximum atomic E-state index is 13.2. The van der Waals surface area contributed by atoms with Crippen LogP contribution in [0.4, 0.5) is 4.39 Å². The largest absolute Gasteiger partial charge is 0.379 e. The molecule has 0 aliphatic carbocycles. The molecular formula is C20H22BrFN2O4S. The van der Waals surface area contributed by atoms with Crippen molar-refractivity contribution >= 4 is 31.9 Å². The molecule has 0 radical (unpaired) electrons. The first-order valence-corrected chi connectivity index (χ1v) is 11.3. The number of hydrogen-bond donors (Lipinski definition) is 0. The minimum absolute atomic E-state index is 0.0637. The smallest absolute Gasteiger partial charge is 0.255 e. The van der Waals surface area contributed by atoms with Crippen LogP contribution in [0.3, 0.4) is 0 Å². The van der Waals surface area contributed by atoms with Gasteiger partial charge in [-0.3, -0.25) is 4.79 Å². The molecule has 0 aromatic heterocycles. The number of morpholine rings is 1. The summed E-state index contributed by atoms with van der Waals surface area (Å²) in [5.41, 5.74) is 1.02. The molecule has 1 heterocycles. The summed E-state index contributed by atoms with van der Waals surface area (Å²) < 4.78 is 46.1. The van der Waals surface area contributed by atoms with Crippen LogP contribution < -0.4 is 0 Å². The molecule has 9 heteroatoms. The molecule has 0 saturated carbocycles. The lowest BCUT2D eigenvalue weighted by Crippen LogP contribution is -2.40. The van der Waals surface area contributed by atoms with Crippen molar-refractivity contribution in [3.63, 3.8) is 0 Å². The molecule has 1 unspecified atom stereocenters. The molecule has 0 N–H and O–H groups in total. The van der Waals surface area contributed by atoms with Crippen molar-refractivity contribution in [2.75, 3.05) is 33.4 Å². The molecule has 2 aromatic rings. The number of nitrogens with zero attached hydrogens (tertiary/aromatic N) is 2. The Morgan fingerprint density at radius 3 is 2.41 bits per heavy atom. The summed E-state index contributed by atoms with van der Waals surface area (Å²) >= 11 is 3.35. The van der Waals surface area contributed by atoms with Crippen LogP contribution in [0.2, 0.25) is 0 Å². The fraction of sp³-hybridized carbons (Fsp3) is 0.350. The van der Waals surface area contributed by atoms with Crippen molar-refractivity contribution in [2.45, 2.75) is 17.9 Å². The van der Waals surface area contributed by atoms with Gasteiger partial charge in [0.05, 0.1) is 29.7 Å². The lowest BCUT2D eigenvalue weighted by atomic mass is 10.1. The third-order valence-electron chi connectivity index (χ3n) is 5.03. The van der Waals surface area contributed by atoms with Crippen LogP contribution >= 0.6 is 15.9 Å². The number of rotatable bonds is 5. The Balaban J connectivity index is 1.88. The van der Waals surface area contributed by atoms with Gasteiger partial charge in [0.25, 0.3) is 5.91 Å². The molecule has 0 spiro atoms. The summed E-state index contributed by atoms with van der Waals surface area (Å²) in [5.74, 6) is -0.688. The maximum Gasteiger partial charge on any atom is 0.255 e. The van der Waals surface area contributed by atoms with Crippen LogP contribution in [0.1, 0.15) is 28.9 Å². The highest BCUT2D eigenvalue weighted by molar-refractivity contribution is 9.10. The SMILES string of the molecule is CC(c1ccc(F)cc1)N(C)C(=O)c1cc(S(=O)(=O)N2CCOCC2)ccc1Br. The average molecular weight is 485 g/mol. The van der Waals surface area contributed by atoms with Gasteiger partial charge in [-0.15, -0.1) is 0 Å². The van der Waals surface area contributed by atoms with Crippen molar-refractivity contribution in [1.82, 2.24) is 9.21 Å². The van der Waals surface area contributed by atoms with Crippen molar-refractivity contribution in [3.8, 4) is 0 Å². The molecule has 1 fully saturated rings. The Kier molecular flexibility index (Phi) is 6.72. The monoisotopic (exact) mass is 484 g/mol. The summed E-state index contributed by atoms with van der Waals surface area (Å²) in [6.45, 7) is 3.08. The second-order valence-electron chi connectivity index (χ2n) is 6.80. The van der Waals surface area contributed by atoms with Gasteiger partial charge in [-0.05, 0) is 58.7 Å². The van der Waals surface area contributed by atoms with E-state index in [-0.39, 0.29) is 41.3 Å². The molecular weight excluding hydrogens is 463 g/mol. The summed E-state index contributed by atoms with van der Waals surface area (Å²) in [4.78, 5) is 14.7. The van der Waals surface area contributed by atoms with E-state index in [0.717, 1.165) is 5.56 Å². The highest BCUT2D eigenvalue weighted by Crippen LogP contribution is 2.27. The van der Waals surface area contributed by atoms with E-state index in [1.54, 1.807) is 25.2 Å². The van der Waals surface area contributed by atoms with Crippen molar-refractivity contribution < 1.29 is 22.3 Å². The first-order valence-electron chi connectivity index (χ1n) is 9.12. The molecule has 2 aromatic carbocycles. The van der Waals surface area contributed by atoms with Gasteiger partial charge in [0.1, 0.15) is 5.82 Å². The second kappa shape index (κ2) is 8.91. The van der Waals surface area contributed by atoms with Gasteiger partial charge in [-0.2, -0.15) is 4.31 Å². The number of benzene rings is 2. The molecule has 1 aliphatic heterocycles. The minimum atomic E-state index is -3.72. The molecule has 3 rings (SSSR count). The predicted molar refractivity (Wildman–Crippen MR) is 111 cm³/mol. The first-order chi connectivity index (χ1) is 13.7. The van der Waals surface area contributed by atoms with E-state index < -0.39 is 10.0 Å². The number of halogens is 2. The van der Waals surface area contributed by atoms with Gasteiger partial charge in [-0.1, -0.05) is 12.1 Å². The molecule has 1 atom stereocenters. The van der Waals surface area contributed by atoms with E-state index in [2.05, 4.69) is 15.9 Å². The lowest BCUT2D eigenvalue weighted by molar-refractivity contribution is 0.0728. The van der Waals surface area contributed by atoms with Crippen LogP contribution in [-0.4, -0.2) is 56.9 Å². The number of ether oxygens (including phenoxy) is 1. The van der Waals surface area contributed by atoms with Crippen LogP contribution in [-0.2, 0) is 14.8 Å². The highest BCUT2D eigenvalue weighted by Gasteiger charge is 2.28. The molecule has 1 saturated heterocycles. The summed E-state index contributed by atoms with van der Waals surface area (Å²) in [7, 11) is -2.09. The minimum Gasteiger partial charge on any atom is -0.379 e. The Hall–Kier alpha value is -1.81. The van der Waals surface area contributed by atoms with E-state index >= 15 is 0 Å². The van der Waals surface area contributed by atoms with Crippen molar-refractivity contribution in [3.05, 3.63) is 63.9 Å². The Morgan fingerprint density at radius 1 is 1.17 bits per heavy atom. The predicted octanol–water partition coefficient (Wildman–Crippen LogP) is 3.44. The first kappa shape index (κ1) is 21.9. The topological polar surface area (TPSA) is 66.9 Å². The normalized spacial score (nSPS) is 16.4. The fourth-order valence-corrected chi connectivity index (χ4v) is 4.95. The lowest BCUT2D eigenvalue weighted by Gasteiger charge is -2.27. The van der Waals surface area contributed by atoms with Crippen molar-refractivity contribution in [2.24, 2.45) is 0 Å². The summed E-state index contributed by atoms with van der Waals surface area (Å²) in [6.07, 6.45) is 0. The molecule has 1 aliphatic rings. The van der Waals surface area contributed by atoms with Gasteiger partial charge < -0.3 is 9.64 Å². The van der Waals surface area contributed by atoms with Crippen molar-refractivity contribution in [1.29, 1.82) is 0 Å². The maximum absolute atomic E-state index is 13.2. The number of hydrogen-bond acceptors (Lipinski definition) is 4. The summed E-state index contributed by atoms with van der Waals surface area (Å²) in [6, 6.07) is 10.0. The molecule has 156 valence electrons. The van der Waals surface area contributed by atoms with Crippen LogP contribution in [0, 0.1) is 5.82 Å². The average Bonchev–Trinajstić information content (AvgIpc) is 2.73. The Labute approximate surface area is 178 Å². The number of carbonyl (C=O) groups excluding carboxylic acids is 1. The third-order valence-corrected chi connectivity index (χ3v) is 7.62. The van der Waals surface area contributed by atoms with Gasteiger partial charge in [0.15, 0.2) is 0 Å². The van der Waals surface area contributed by atoms with Gasteiger partial charge in [0.2, 0.25) is 10.0 Å². The second-order valence-corrected chi connectivity index (χ2v) is 9.59. The number of carbonyl (C=O) groups is 1. The number of sulfonamides is 1. The van der Waals surface area contributed by atoms with Gasteiger partial charge in [-0.25, -0.2) is 12.8 Å². The standard InChI is InChI=1S/C20H22BrFN2O4S/c1-14(15-3-5-16(22)6-4-15)23(2)20(25)18-13-17(7-8-19(18)21)29(26,27)24-9-11-28-12-10-24/h3-8,13-14H,9-12H2,1-2H3. The van der Waals surface area contributed by atoms with Gasteiger partial charge in [0, 0.05) is 24.6 Å². The molecule has 6 nitrogen and oxygen atoms in total. The zero-order valence-electron chi connectivity index (χ0n) is 16.1. The van der Waals surface area contributed by atoms with E-state index in [4.69, 9.17) is 4.74 Å². The van der Waals surface area contributed by atoms with Crippen LogP contribution in [0.25, 0.3) is 0 Å². The highest BCUT2D eigenvalue weighted by atomic mass is 79.9. The van der Waals surface area contributed by atoms with E-state index in [1.165, 1.54) is 33.5 Å². The zero-order chi connectivity index (χ0) is 21.2. The van der Waals surface area contributed by atoms with Gasteiger partial charge >= 0.3 is 0 Å². The van der Waals surface area contributed by atoms with Crippen LogP contribution in [0.15, 0.2) is 51.8 Å². The van der Waals surface area contributed by atoms with E-state index in [1.807, 2.05) is 6.92 Å². The molecule has 0 bridgehead atoms.